The number of aliphatic carboxylic acids is 2. The second kappa shape index (κ2) is 8.41. The van der Waals surface area contributed by atoms with Crippen molar-refractivity contribution in [1.29, 1.82) is 0 Å². The second-order valence-corrected chi connectivity index (χ2v) is 3.87. The van der Waals surface area contributed by atoms with Crippen molar-refractivity contribution in [3.63, 3.8) is 0 Å². The molecule has 0 aromatic rings. The van der Waals surface area contributed by atoms with Crippen molar-refractivity contribution in [2.75, 3.05) is 0 Å². The van der Waals surface area contributed by atoms with Gasteiger partial charge in [-0.15, -0.1) is 34.8 Å². The van der Waals surface area contributed by atoms with Gasteiger partial charge in [0.05, 0.1) is 6.42 Å². The predicted octanol–water partition coefficient (Wildman–Crippen LogP) is 1.96. The van der Waals surface area contributed by atoms with E-state index in [0.717, 1.165) is 0 Å². The van der Waals surface area contributed by atoms with Crippen LogP contribution in [0.1, 0.15) is 13.3 Å². The number of hydrogen-bond donors (Lipinski definition) is 2. The van der Waals surface area contributed by atoms with Gasteiger partial charge >= 0.3 is 11.9 Å². The van der Waals surface area contributed by atoms with Crippen LogP contribution in [0, 0.1) is 0 Å². The SMILES string of the molecule is CC(Cl)C(=O)O.O=C(O)CC(Cl)Cl. The molecule has 2 N–H and O–H groups in total. The molecular weight excluding hydrogens is 242 g/mol. The number of alkyl halides is 3. The zero-order valence-electron chi connectivity index (χ0n) is 6.71. The van der Waals surface area contributed by atoms with Crippen LogP contribution >= 0.6 is 34.8 Å². The van der Waals surface area contributed by atoms with E-state index in [0.29, 0.717) is 0 Å². The zero-order valence-corrected chi connectivity index (χ0v) is 8.97. The van der Waals surface area contributed by atoms with Crippen LogP contribution in [-0.4, -0.2) is 32.4 Å². The maximum absolute atomic E-state index is 9.64. The smallest absolute Gasteiger partial charge is 0.321 e. The first-order chi connectivity index (χ1) is 5.77. The number of rotatable bonds is 3. The zero-order chi connectivity index (χ0) is 11.0. The van der Waals surface area contributed by atoms with Gasteiger partial charge in [0.25, 0.3) is 0 Å². The Hall–Kier alpha value is -0.190. The molecule has 0 aliphatic heterocycles. The third-order valence-corrected chi connectivity index (χ3v) is 1.16. The highest BCUT2D eigenvalue weighted by Crippen LogP contribution is 2.05. The number of halogens is 3. The third kappa shape index (κ3) is 18.6. The van der Waals surface area contributed by atoms with Gasteiger partial charge in [-0.1, -0.05) is 0 Å². The summed E-state index contributed by atoms with van der Waals surface area (Å²) in [5, 5.41) is 15.0. The molecule has 1 unspecified atom stereocenters. The van der Waals surface area contributed by atoms with Gasteiger partial charge in [-0.3, -0.25) is 9.59 Å². The Morgan fingerprint density at radius 2 is 1.54 bits per heavy atom. The van der Waals surface area contributed by atoms with Crippen molar-refractivity contribution in [1.82, 2.24) is 0 Å². The quantitative estimate of drug-likeness (QED) is 0.752. The summed E-state index contributed by atoms with van der Waals surface area (Å²) in [4.78, 5) is 18.4. The van der Waals surface area contributed by atoms with E-state index in [1.165, 1.54) is 6.92 Å². The van der Waals surface area contributed by atoms with E-state index < -0.39 is 22.2 Å². The van der Waals surface area contributed by atoms with E-state index in [4.69, 9.17) is 45.0 Å². The van der Waals surface area contributed by atoms with Gasteiger partial charge in [0.2, 0.25) is 0 Å². The number of carboxylic acid groups (broad SMARTS) is 2. The van der Waals surface area contributed by atoms with Crippen LogP contribution in [0.3, 0.4) is 0 Å². The largest absolute Gasteiger partial charge is 0.481 e. The molecule has 1 atom stereocenters. The van der Waals surface area contributed by atoms with Crippen molar-refractivity contribution in [3.05, 3.63) is 0 Å². The van der Waals surface area contributed by atoms with Crippen molar-refractivity contribution >= 4 is 46.7 Å². The molecule has 0 aliphatic rings. The maximum Gasteiger partial charge on any atom is 0.321 e. The summed E-state index contributed by atoms with van der Waals surface area (Å²) in [5.41, 5.74) is 0. The molecule has 0 rings (SSSR count). The topological polar surface area (TPSA) is 74.6 Å². The van der Waals surface area contributed by atoms with Crippen LogP contribution in [0.5, 0.6) is 0 Å². The lowest BCUT2D eigenvalue weighted by Gasteiger charge is -1.89. The van der Waals surface area contributed by atoms with E-state index in [9.17, 15) is 9.59 Å². The Morgan fingerprint density at radius 1 is 1.23 bits per heavy atom. The Bertz CT molecular complexity index is 169. The maximum atomic E-state index is 9.64. The molecule has 0 bridgehead atoms. The van der Waals surface area contributed by atoms with E-state index >= 15 is 0 Å². The lowest BCUT2D eigenvalue weighted by molar-refractivity contribution is -0.137. The predicted molar refractivity (Wildman–Crippen MR) is 50.7 cm³/mol. The molecule has 0 heterocycles. The summed E-state index contributed by atoms with van der Waals surface area (Å²) >= 11 is 15.1. The Labute approximate surface area is 90.4 Å². The summed E-state index contributed by atoms with van der Waals surface area (Å²) in [6, 6.07) is 0. The average molecular weight is 251 g/mol. The van der Waals surface area contributed by atoms with Crippen LogP contribution < -0.4 is 0 Å². The van der Waals surface area contributed by atoms with Gasteiger partial charge in [0, 0.05) is 0 Å². The minimum Gasteiger partial charge on any atom is -0.481 e. The highest BCUT2D eigenvalue weighted by atomic mass is 35.5. The first-order valence-electron chi connectivity index (χ1n) is 3.14. The number of hydrogen-bond acceptors (Lipinski definition) is 2. The minimum atomic E-state index is -0.977. The summed E-state index contributed by atoms with van der Waals surface area (Å²) in [5.74, 6) is -1.95. The summed E-state index contributed by atoms with van der Waals surface area (Å²) < 4.78 is 0. The highest BCUT2D eigenvalue weighted by Gasteiger charge is 2.03. The van der Waals surface area contributed by atoms with Crippen molar-refractivity contribution < 1.29 is 19.8 Å². The summed E-state index contributed by atoms with van der Waals surface area (Å²) in [7, 11) is 0. The fourth-order valence-corrected chi connectivity index (χ4v) is 0.396. The van der Waals surface area contributed by atoms with Crippen LogP contribution in [0.15, 0.2) is 0 Å². The van der Waals surface area contributed by atoms with Crippen molar-refractivity contribution in [3.8, 4) is 0 Å². The van der Waals surface area contributed by atoms with Crippen LogP contribution in [0.2, 0.25) is 0 Å². The summed E-state index contributed by atoms with van der Waals surface area (Å²) in [6.45, 7) is 1.41. The van der Waals surface area contributed by atoms with E-state index in [1.54, 1.807) is 0 Å². The van der Waals surface area contributed by atoms with Gasteiger partial charge in [0.15, 0.2) is 0 Å². The molecule has 13 heavy (non-hydrogen) atoms. The normalized spacial score (nSPS) is 11.5. The molecule has 0 radical (unpaired) electrons. The summed E-state index contributed by atoms with van der Waals surface area (Å²) in [6.07, 6.45) is -0.191. The van der Waals surface area contributed by atoms with Gasteiger partial charge < -0.3 is 10.2 Å². The molecule has 0 aromatic heterocycles. The highest BCUT2D eigenvalue weighted by molar-refractivity contribution is 6.44. The number of carbonyl (C=O) groups is 2. The van der Waals surface area contributed by atoms with Crippen LogP contribution in [0.25, 0.3) is 0 Å². The monoisotopic (exact) mass is 250 g/mol. The van der Waals surface area contributed by atoms with Crippen molar-refractivity contribution in [2.24, 2.45) is 0 Å². The standard InChI is InChI=1S/C3H4Cl2O2.C3H5ClO2/c4-2(5)1-3(6)7;1-2(4)3(5)6/h2H,1H2,(H,6,7);2H,1H3,(H,5,6). The fraction of sp³-hybridized carbons (Fsp3) is 0.667. The number of carboxylic acids is 2. The molecule has 0 spiro atoms. The molecule has 0 aromatic carbocycles. The first kappa shape index (κ1) is 15.3. The van der Waals surface area contributed by atoms with Crippen molar-refractivity contribution in [2.45, 2.75) is 23.6 Å². The Balaban J connectivity index is 0. The second-order valence-electron chi connectivity index (χ2n) is 1.94. The van der Waals surface area contributed by atoms with Gasteiger partial charge in [-0.05, 0) is 6.92 Å². The van der Waals surface area contributed by atoms with Crippen LogP contribution in [-0.2, 0) is 9.59 Å². The van der Waals surface area contributed by atoms with E-state index in [1.807, 2.05) is 0 Å². The van der Waals surface area contributed by atoms with Gasteiger partial charge in [-0.25, -0.2) is 0 Å². The lowest BCUT2D eigenvalue weighted by atomic mass is 10.5. The van der Waals surface area contributed by atoms with Gasteiger partial charge in [-0.2, -0.15) is 0 Å². The molecule has 4 nitrogen and oxygen atoms in total. The molecular formula is C6H9Cl3O4. The third-order valence-electron chi connectivity index (χ3n) is 0.669. The first-order valence-corrected chi connectivity index (χ1v) is 4.45. The molecule has 78 valence electrons. The lowest BCUT2D eigenvalue weighted by Crippen LogP contribution is -2.06. The molecule has 0 aliphatic carbocycles. The van der Waals surface area contributed by atoms with Gasteiger partial charge in [0.1, 0.15) is 10.2 Å². The Kier molecular flexibility index (Phi) is 9.89. The Morgan fingerprint density at radius 3 is 1.54 bits per heavy atom. The molecule has 7 heteroatoms. The molecule has 0 amide bonds. The molecule has 0 saturated carbocycles. The molecule has 0 fully saturated rings. The fourth-order valence-electron chi connectivity index (χ4n) is 0.132. The van der Waals surface area contributed by atoms with Crippen LogP contribution in [0.4, 0.5) is 0 Å². The van der Waals surface area contributed by atoms with E-state index in [2.05, 4.69) is 0 Å². The minimum absolute atomic E-state index is 0.191. The average Bonchev–Trinajstić information content (AvgIpc) is 1.84. The molecule has 0 saturated heterocycles. The van der Waals surface area contributed by atoms with E-state index in [-0.39, 0.29) is 6.42 Å².